The third-order valence-electron chi connectivity index (χ3n) is 5.15. The van der Waals surface area contributed by atoms with Gasteiger partial charge in [-0.2, -0.15) is 0 Å². The number of rotatable bonds is 7. The van der Waals surface area contributed by atoms with E-state index in [0.29, 0.717) is 11.8 Å². The van der Waals surface area contributed by atoms with Gasteiger partial charge in [-0.1, -0.05) is 27.7 Å². The Hall–Kier alpha value is -0.870. The monoisotopic (exact) mass is 337 g/mol. The molecule has 0 amide bonds. The summed E-state index contributed by atoms with van der Waals surface area (Å²) in [5.41, 5.74) is 0. The van der Waals surface area contributed by atoms with Gasteiger partial charge in [0.05, 0.1) is 6.61 Å². The number of likely N-dealkylation sites (tertiary alicyclic amines) is 1. The summed E-state index contributed by atoms with van der Waals surface area (Å²) in [5.74, 6) is 3.62. The van der Waals surface area contributed by atoms with Crippen LogP contribution in [-0.4, -0.2) is 41.6 Å². The van der Waals surface area contributed by atoms with Crippen molar-refractivity contribution in [2.24, 2.45) is 23.7 Å². The quantitative estimate of drug-likeness (QED) is 0.760. The van der Waals surface area contributed by atoms with Gasteiger partial charge in [-0.3, -0.25) is 4.21 Å². The Morgan fingerprint density at radius 1 is 1.22 bits per heavy atom. The van der Waals surface area contributed by atoms with Crippen LogP contribution in [0.1, 0.15) is 27.7 Å². The lowest BCUT2D eigenvalue weighted by atomic mass is 9.98. The summed E-state index contributed by atoms with van der Waals surface area (Å²) in [7, 11) is -0.926. The molecule has 1 aromatic rings. The summed E-state index contributed by atoms with van der Waals surface area (Å²) in [6.07, 6.45) is 1.70. The molecule has 0 aliphatic carbocycles. The van der Waals surface area contributed by atoms with E-state index < -0.39 is 10.8 Å². The van der Waals surface area contributed by atoms with Crippen LogP contribution in [0.15, 0.2) is 29.2 Å². The molecule has 130 valence electrons. The minimum Gasteiger partial charge on any atom is -0.493 e. The first-order valence-corrected chi connectivity index (χ1v) is 10.2. The van der Waals surface area contributed by atoms with E-state index in [1.54, 1.807) is 6.26 Å². The molecule has 0 N–H and O–H groups in total. The zero-order chi connectivity index (χ0) is 17.0. The number of benzene rings is 1. The topological polar surface area (TPSA) is 29.5 Å². The van der Waals surface area contributed by atoms with Crippen LogP contribution in [0.3, 0.4) is 0 Å². The minimum atomic E-state index is -0.926. The SMILES string of the molecule is CC(C)C(C)CN1CC(C)C(COc2ccc(S(C)=O)cc2)C1. The molecule has 1 aliphatic heterocycles. The lowest BCUT2D eigenvalue weighted by Crippen LogP contribution is -2.29. The molecule has 4 atom stereocenters. The molecule has 0 aromatic heterocycles. The van der Waals surface area contributed by atoms with Crippen LogP contribution < -0.4 is 4.74 Å². The molecule has 3 nitrogen and oxygen atoms in total. The summed E-state index contributed by atoms with van der Waals surface area (Å²) >= 11 is 0. The van der Waals surface area contributed by atoms with E-state index in [0.717, 1.165) is 35.6 Å². The van der Waals surface area contributed by atoms with Gasteiger partial charge in [0, 0.05) is 47.5 Å². The molecule has 4 heteroatoms. The Kier molecular flexibility index (Phi) is 6.66. The first-order chi connectivity index (χ1) is 10.9. The van der Waals surface area contributed by atoms with Crippen molar-refractivity contribution in [3.8, 4) is 5.75 Å². The van der Waals surface area contributed by atoms with Gasteiger partial charge < -0.3 is 9.64 Å². The van der Waals surface area contributed by atoms with Gasteiger partial charge >= 0.3 is 0 Å². The van der Waals surface area contributed by atoms with E-state index in [-0.39, 0.29) is 0 Å². The second-order valence-corrected chi connectivity index (χ2v) is 8.79. The molecule has 1 heterocycles. The van der Waals surface area contributed by atoms with Crippen LogP contribution in [0.4, 0.5) is 0 Å². The lowest BCUT2D eigenvalue weighted by molar-refractivity contribution is 0.213. The third-order valence-corrected chi connectivity index (χ3v) is 6.08. The number of ether oxygens (including phenoxy) is 1. The normalized spacial score (nSPS) is 24.8. The van der Waals surface area contributed by atoms with E-state index in [4.69, 9.17) is 4.74 Å². The van der Waals surface area contributed by atoms with Crippen molar-refractivity contribution in [3.63, 3.8) is 0 Å². The van der Waals surface area contributed by atoms with E-state index in [1.165, 1.54) is 13.1 Å². The van der Waals surface area contributed by atoms with Crippen LogP contribution in [-0.2, 0) is 10.8 Å². The molecule has 1 aromatic carbocycles. The van der Waals surface area contributed by atoms with Gasteiger partial charge in [0.1, 0.15) is 5.75 Å². The number of hydrogen-bond donors (Lipinski definition) is 0. The summed E-state index contributed by atoms with van der Waals surface area (Å²) in [5, 5.41) is 0. The average Bonchev–Trinajstić information content (AvgIpc) is 2.85. The van der Waals surface area contributed by atoms with Crippen molar-refractivity contribution in [2.75, 3.05) is 32.5 Å². The Morgan fingerprint density at radius 2 is 1.87 bits per heavy atom. The fraction of sp³-hybridized carbons (Fsp3) is 0.684. The molecule has 0 spiro atoms. The maximum absolute atomic E-state index is 11.4. The first kappa shape index (κ1) is 18.5. The fourth-order valence-corrected chi connectivity index (χ4v) is 3.58. The van der Waals surface area contributed by atoms with Crippen molar-refractivity contribution in [1.29, 1.82) is 0 Å². The molecule has 1 saturated heterocycles. The van der Waals surface area contributed by atoms with E-state index in [9.17, 15) is 4.21 Å². The molecular formula is C19H31NO2S. The first-order valence-electron chi connectivity index (χ1n) is 8.65. The number of nitrogens with zero attached hydrogens (tertiary/aromatic N) is 1. The van der Waals surface area contributed by atoms with E-state index >= 15 is 0 Å². The van der Waals surface area contributed by atoms with E-state index in [2.05, 4.69) is 32.6 Å². The van der Waals surface area contributed by atoms with Crippen molar-refractivity contribution < 1.29 is 8.95 Å². The Morgan fingerprint density at radius 3 is 2.43 bits per heavy atom. The second-order valence-electron chi connectivity index (χ2n) is 7.41. The van der Waals surface area contributed by atoms with Gasteiger partial charge in [-0.05, 0) is 42.0 Å². The van der Waals surface area contributed by atoms with Crippen LogP contribution in [0, 0.1) is 23.7 Å². The standard InChI is InChI=1S/C19H31NO2S/c1-14(2)15(3)10-20-11-16(4)17(12-20)13-22-18-6-8-19(9-7-18)23(5)21/h6-9,14-17H,10-13H2,1-5H3. The molecule has 1 aliphatic rings. The fourth-order valence-electron chi connectivity index (χ4n) is 3.06. The smallest absolute Gasteiger partial charge is 0.119 e. The van der Waals surface area contributed by atoms with E-state index in [1.807, 2.05) is 24.3 Å². The molecular weight excluding hydrogens is 306 g/mol. The Balaban J connectivity index is 1.82. The highest BCUT2D eigenvalue weighted by atomic mass is 32.2. The lowest BCUT2D eigenvalue weighted by Gasteiger charge is -2.23. The largest absolute Gasteiger partial charge is 0.493 e. The molecule has 0 radical (unpaired) electrons. The highest BCUT2D eigenvalue weighted by Gasteiger charge is 2.30. The van der Waals surface area contributed by atoms with Gasteiger partial charge in [0.25, 0.3) is 0 Å². The minimum absolute atomic E-state index is 0.592. The molecule has 2 rings (SSSR count). The van der Waals surface area contributed by atoms with Gasteiger partial charge in [-0.25, -0.2) is 0 Å². The summed E-state index contributed by atoms with van der Waals surface area (Å²) in [6.45, 7) is 13.6. The highest BCUT2D eigenvalue weighted by Crippen LogP contribution is 2.26. The third kappa shape index (κ3) is 5.32. The van der Waals surface area contributed by atoms with Gasteiger partial charge in [0.15, 0.2) is 0 Å². The Labute approximate surface area is 143 Å². The zero-order valence-corrected chi connectivity index (χ0v) is 15.9. The van der Waals surface area contributed by atoms with Gasteiger partial charge in [0.2, 0.25) is 0 Å². The summed E-state index contributed by atoms with van der Waals surface area (Å²) < 4.78 is 17.4. The second kappa shape index (κ2) is 8.29. The summed E-state index contributed by atoms with van der Waals surface area (Å²) in [4.78, 5) is 3.44. The maximum atomic E-state index is 11.4. The Bertz CT molecular complexity index is 515. The highest BCUT2D eigenvalue weighted by molar-refractivity contribution is 7.84. The van der Waals surface area contributed by atoms with Crippen LogP contribution in [0.25, 0.3) is 0 Å². The maximum Gasteiger partial charge on any atom is 0.119 e. The van der Waals surface area contributed by atoms with Crippen LogP contribution >= 0.6 is 0 Å². The van der Waals surface area contributed by atoms with Crippen molar-refractivity contribution >= 4 is 10.8 Å². The molecule has 0 saturated carbocycles. The van der Waals surface area contributed by atoms with Gasteiger partial charge in [-0.15, -0.1) is 0 Å². The molecule has 23 heavy (non-hydrogen) atoms. The molecule has 0 bridgehead atoms. The predicted molar refractivity (Wildman–Crippen MR) is 97.4 cm³/mol. The van der Waals surface area contributed by atoms with Crippen LogP contribution in [0.2, 0.25) is 0 Å². The number of hydrogen-bond acceptors (Lipinski definition) is 3. The van der Waals surface area contributed by atoms with Crippen molar-refractivity contribution in [1.82, 2.24) is 4.90 Å². The molecule has 1 fully saturated rings. The zero-order valence-electron chi connectivity index (χ0n) is 15.1. The predicted octanol–water partition coefficient (Wildman–Crippen LogP) is 3.66. The van der Waals surface area contributed by atoms with Crippen LogP contribution in [0.5, 0.6) is 5.75 Å². The van der Waals surface area contributed by atoms with Crippen molar-refractivity contribution in [2.45, 2.75) is 32.6 Å². The average molecular weight is 338 g/mol. The van der Waals surface area contributed by atoms with Crippen molar-refractivity contribution in [3.05, 3.63) is 24.3 Å². The summed E-state index contributed by atoms with van der Waals surface area (Å²) in [6, 6.07) is 7.63. The molecule has 4 unspecified atom stereocenters.